The lowest BCUT2D eigenvalue weighted by Crippen LogP contribution is -1.88. The van der Waals surface area contributed by atoms with Gasteiger partial charge in [0.1, 0.15) is 5.75 Å². The van der Waals surface area contributed by atoms with Crippen LogP contribution < -0.4 is 4.18 Å². The van der Waals surface area contributed by atoms with Gasteiger partial charge < -0.3 is 4.18 Å². The van der Waals surface area contributed by atoms with Crippen LogP contribution in [0.25, 0.3) is 0 Å². The molecule has 5 heteroatoms. The molecule has 0 bridgehead atoms. The van der Waals surface area contributed by atoms with Crippen LogP contribution in [-0.2, 0) is 5.75 Å². The Kier molecular flexibility index (Phi) is 4.20. The predicted molar refractivity (Wildman–Crippen MR) is 71.5 cm³/mol. The van der Waals surface area contributed by atoms with Gasteiger partial charge in [0.2, 0.25) is 0 Å². The zero-order chi connectivity index (χ0) is 12.8. The predicted octanol–water partition coefficient (Wildman–Crippen LogP) is 3.82. The third kappa shape index (κ3) is 3.49. The Morgan fingerprint density at radius 1 is 1.06 bits per heavy atom. The first kappa shape index (κ1) is 12.4. The largest absolute Gasteiger partial charge is 0.425 e. The van der Waals surface area contributed by atoms with Crippen molar-refractivity contribution in [1.29, 1.82) is 0 Å². The molecule has 4 nitrogen and oxygen atoms in total. The van der Waals surface area contributed by atoms with Crippen molar-refractivity contribution in [2.24, 2.45) is 0 Å². The molecule has 0 N–H and O–H groups in total. The van der Waals surface area contributed by atoms with E-state index in [-0.39, 0.29) is 5.69 Å². The highest BCUT2D eigenvalue weighted by atomic mass is 32.2. The number of hydrogen-bond donors (Lipinski definition) is 0. The van der Waals surface area contributed by atoms with Crippen molar-refractivity contribution in [3.05, 3.63) is 70.3 Å². The lowest BCUT2D eigenvalue weighted by atomic mass is 10.2. The average molecular weight is 261 g/mol. The van der Waals surface area contributed by atoms with Crippen molar-refractivity contribution in [1.82, 2.24) is 0 Å². The SMILES string of the molecule is O=[N+]([O-])c1ccc(OSCc2ccccc2)cc1. The molecule has 0 amide bonds. The van der Waals surface area contributed by atoms with Crippen LogP contribution in [0.5, 0.6) is 5.75 Å². The number of benzene rings is 2. The van der Waals surface area contributed by atoms with E-state index in [1.807, 2.05) is 30.3 Å². The number of hydrogen-bond acceptors (Lipinski definition) is 4. The molecular formula is C13H11NO3S. The number of rotatable bonds is 5. The molecule has 2 aromatic rings. The summed E-state index contributed by atoms with van der Waals surface area (Å²) in [6.45, 7) is 0. The summed E-state index contributed by atoms with van der Waals surface area (Å²) in [6.07, 6.45) is 0. The van der Waals surface area contributed by atoms with Crippen LogP contribution in [0.4, 0.5) is 5.69 Å². The van der Waals surface area contributed by atoms with Crippen LogP contribution in [-0.4, -0.2) is 4.92 Å². The van der Waals surface area contributed by atoms with Crippen molar-refractivity contribution in [3.8, 4) is 5.75 Å². The fourth-order valence-corrected chi connectivity index (χ4v) is 2.00. The van der Waals surface area contributed by atoms with E-state index in [0.29, 0.717) is 5.75 Å². The molecule has 0 aliphatic heterocycles. The fourth-order valence-electron chi connectivity index (χ4n) is 1.36. The molecule has 0 saturated carbocycles. The highest BCUT2D eigenvalue weighted by Gasteiger charge is 2.04. The summed E-state index contributed by atoms with van der Waals surface area (Å²) < 4.78 is 5.44. The van der Waals surface area contributed by atoms with E-state index in [2.05, 4.69) is 0 Å². The Morgan fingerprint density at radius 3 is 2.33 bits per heavy atom. The van der Waals surface area contributed by atoms with E-state index in [4.69, 9.17) is 4.18 Å². The van der Waals surface area contributed by atoms with Gasteiger partial charge in [-0.25, -0.2) is 0 Å². The molecule has 2 rings (SSSR count). The zero-order valence-electron chi connectivity index (χ0n) is 9.48. The van der Waals surface area contributed by atoms with Gasteiger partial charge in [0.05, 0.1) is 22.7 Å². The summed E-state index contributed by atoms with van der Waals surface area (Å²) in [6, 6.07) is 16.0. The van der Waals surface area contributed by atoms with Gasteiger partial charge in [0.15, 0.2) is 0 Å². The second kappa shape index (κ2) is 6.07. The molecular weight excluding hydrogens is 250 g/mol. The van der Waals surface area contributed by atoms with Crippen molar-refractivity contribution < 1.29 is 9.11 Å². The van der Waals surface area contributed by atoms with Crippen molar-refractivity contribution in [2.75, 3.05) is 0 Å². The van der Waals surface area contributed by atoms with E-state index < -0.39 is 4.92 Å². The summed E-state index contributed by atoms with van der Waals surface area (Å²) in [5.41, 5.74) is 1.24. The molecule has 2 aromatic carbocycles. The fraction of sp³-hybridized carbons (Fsp3) is 0.0769. The third-order valence-electron chi connectivity index (χ3n) is 2.27. The molecule has 0 aromatic heterocycles. The minimum atomic E-state index is -0.430. The van der Waals surface area contributed by atoms with Crippen molar-refractivity contribution in [2.45, 2.75) is 5.75 Å². The Balaban J connectivity index is 1.85. The average Bonchev–Trinajstić information content (AvgIpc) is 2.40. The Hall–Kier alpha value is -2.01. The second-order valence-corrected chi connectivity index (χ2v) is 4.27. The molecule has 0 radical (unpaired) electrons. The molecule has 0 atom stereocenters. The van der Waals surface area contributed by atoms with Gasteiger partial charge in [-0.05, 0) is 17.7 Å². The summed E-state index contributed by atoms with van der Waals surface area (Å²) in [5, 5.41) is 10.5. The van der Waals surface area contributed by atoms with Gasteiger partial charge in [-0.15, -0.1) is 0 Å². The second-order valence-electron chi connectivity index (χ2n) is 3.58. The molecule has 0 heterocycles. The minimum absolute atomic E-state index is 0.0652. The maximum absolute atomic E-state index is 10.5. The van der Waals surface area contributed by atoms with E-state index in [1.165, 1.54) is 29.7 Å². The maximum atomic E-state index is 10.5. The van der Waals surface area contributed by atoms with Gasteiger partial charge in [0.25, 0.3) is 5.69 Å². The first-order chi connectivity index (χ1) is 8.75. The van der Waals surface area contributed by atoms with Crippen LogP contribution in [0, 0.1) is 10.1 Å². The number of nitrogens with zero attached hydrogens (tertiary/aromatic N) is 1. The van der Waals surface area contributed by atoms with Crippen LogP contribution in [0.3, 0.4) is 0 Å². The van der Waals surface area contributed by atoms with Crippen molar-refractivity contribution >= 4 is 17.7 Å². The normalized spacial score (nSPS) is 10.0. The summed E-state index contributed by atoms with van der Waals surface area (Å²) in [4.78, 5) is 10.0. The number of nitro benzene ring substituents is 1. The smallest absolute Gasteiger partial charge is 0.269 e. The topological polar surface area (TPSA) is 52.4 Å². The number of nitro groups is 1. The third-order valence-corrected chi connectivity index (χ3v) is 3.03. The van der Waals surface area contributed by atoms with Crippen LogP contribution >= 0.6 is 12.0 Å². The van der Waals surface area contributed by atoms with E-state index in [0.717, 1.165) is 5.75 Å². The van der Waals surface area contributed by atoms with Crippen LogP contribution in [0.2, 0.25) is 0 Å². The zero-order valence-corrected chi connectivity index (χ0v) is 10.3. The maximum Gasteiger partial charge on any atom is 0.269 e. The van der Waals surface area contributed by atoms with E-state index >= 15 is 0 Å². The molecule has 0 spiro atoms. The molecule has 92 valence electrons. The quantitative estimate of drug-likeness (QED) is 0.466. The van der Waals surface area contributed by atoms with E-state index in [1.54, 1.807) is 12.1 Å². The highest BCUT2D eigenvalue weighted by molar-refractivity contribution is 7.94. The Labute approximate surface area is 109 Å². The molecule has 18 heavy (non-hydrogen) atoms. The monoisotopic (exact) mass is 261 g/mol. The van der Waals surface area contributed by atoms with Crippen LogP contribution in [0.1, 0.15) is 5.56 Å². The summed E-state index contributed by atoms with van der Waals surface area (Å²) >= 11 is 1.30. The summed E-state index contributed by atoms with van der Waals surface area (Å²) in [7, 11) is 0. The number of non-ortho nitro benzene ring substituents is 1. The molecule has 0 unspecified atom stereocenters. The first-order valence-electron chi connectivity index (χ1n) is 5.33. The molecule has 0 aliphatic rings. The summed E-state index contributed by atoms with van der Waals surface area (Å²) in [5.74, 6) is 1.35. The Bertz CT molecular complexity index is 514. The van der Waals surface area contributed by atoms with Gasteiger partial charge in [0, 0.05) is 12.1 Å². The lowest BCUT2D eigenvalue weighted by Gasteiger charge is -2.03. The lowest BCUT2D eigenvalue weighted by molar-refractivity contribution is -0.384. The standard InChI is InChI=1S/C13H11NO3S/c15-14(16)12-6-8-13(9-7-12)17-18-10-11-4-2-1-3-5-11/h1-9H,10H2. The highest BCUT2D eigenvalue weighted by Crippen LogP contribution is 2.22. The minimum Gasteiger partial charge on any atom is -0.425 e. The molecule has 0 saturated heterocycles. The molecule has 0 aliphatic carbocycles. The van der Waals surface area contributed by atoms with Gasteiger partial charge in [-0.3, -0.25) is 10.1 Å². The van der Waals surface area contributed by atoms with Gasteiger partial charge in [-0.1, -0.05) is 30.3 Å². The molecule has 0 fully saturated rings. The first-order valence-corrected chi connectivity index (χ1v) is 6.24. The van der Waals surface area contributed by atoms with E-state index in [9.17, 15) is 10.1 Å². The van der Waals surface area contributed by atoms with Gasteiger partial charge in [-0.2, -0.15) is 0 Å². The Morgan fingerprint density at radius 2 is 1.72 bits per heavy atom. The van der Waals surface area contributed by atoms with Crippen LogP contribution in [0.15, 0.2) is 54.6 Å². The van der Waals surface area contributed by atoms with Gasteiger partial charge >= 0.3 is 0 Å². The van der Waals surface area contributed by atoms with Crippen molar-refractivity contribution in [3.63, 3.8) is 0 Å².